The molecule has 0 bridgehead atoms. The second-order valence-corrected chi connectivity index (χ2v) is 9.21. The highest BCUT2D eigenvalue weighted by atomic mass is 32.2. The first-order valence-electron chi connectivity index (χ1n) is 7.33. The second kappa shape index (κ2) is 6.55. The number of rotatable bonds is 4. The highest BCUT2D eigenvalue weighted by Gasteiger charge is 2.32. The van der Waals surface area contributed by atoms with Crippen LogP contribution in [0, 0.1) is 0 Å². The number of sulfone groups is 1. The van der Waals surface area contributed by atoms with Crippen LogP contribution in [-0.4, -0.2) is 56.0 Å². The predicted octanol–water partition coefficient (Wildman–Crippen LogP) is 1.66. The zero-order valence-corrected chi connectivity index (χ0v) is 13.9. The fourth-order valence-electron chi connectivity index (χ4n) is 2.53. The van der Waals surface area contributed by atoms with Crippen LogP contribution in [0.5, 0.6) is 0 Å². The van der Waals surface area contributed by atoms with Gasteiger partial charge in [0.2, 0.25) is 0 Å². The van der Waals surface area contributed by atoms with E-state index in [1.54, 1.807) is 0 Å². The number of hydrogen-bond donors (Lipinski definition) is 1. The van der Waals surface area contributed by atoms with Crippen LogP contribution in [-0.2, 0) is 9.84 Å². The van der Waals surface area contributed by atoms with Gasteiger partial charge in [-0.1, -0.05) is 6.92 Å². The normalized spacial score (nSPS) is 27.8. The molecule has 1 N–H and O–H groups in total. The van der Waals surface area contributed by atoms with Gasteiger partial charge in [-0.25, -0.2) is 8.42 Å². The summed E-state index contributed by atoms with van der Waals surface area (Å²) in [5, 5.41) is 3.64. The molecule has 0 saturated carbocycles. The van der Waals surface area contributed by atoms with Gasteiger partial charge in [-0.3, -0.25) is 0 Å². The van der Waals surface area contributed by atoms with Crippen LogP contribution in [0.4, 0.5) is 0 Å². The van der Waals surface area contributed by atoms with Crippen molar-refractivity contribution in [3.63, 3.8) is 0 Å². The minimum atomic E-state index is -3.01. The summed E-state index contributed by atoms with van der Waals surface area (Å²) in [6.07, 6.45) is 4.65. The van der Waals surface area contributed by atoms with Crippen LogP contribution in [0.1, 0.15) is 47.0 Å². The van der Waals surface area contributed by atoms with E-state index in [1.165, 1.54) is 6.26 Å². The van der Waals surface area contributed by atoms with Crippen LogP contribution in [0.15, 0.2) is 0 Å². The molecule has 1 aliphatic heterocycles. The molecule has 114 valence electrons. The van der Waals surface area contributed by atoms with E-state index in [0.29, 0.717) is 18.6 Å². The highest BCUT2D eigenvalue weighted by Crippen LogP contribution is 2.19. The molecule has 1 fully saturated rings. The molecule has 1 heterocycles. The van der Waals surface area contributed by atoms with Crippen molar-refractivity contribution in [1.29, 1.82) is 0 Å². The first-order chi connectivity index (χ1) is 8.65. The van der Waals surface area contributed by atoms with Crippen molar-refractivity contribution in [3.05, 3.63) is 0 Å². The van der Waals surface area contributed by atoms with E-state index in [9.17, 15) is 8.42 Å². The summed E-state index contributed by atoms with van der Waals surface area (Å²) < 4.78 is 23.0. The molecule has 0 spiro atoms. The van der Waals surface area contributed by atoms with E-state index in [2.05, 4.69) is 24.1 Å². The summed E-state index contributed by atoms with van der Waals surface area (Å²) in [6.45, 7) is 10.7. The van der Waals surface area contributed by atoms with E-state index < -0.39 is 14.6 Å². The minimum absolute atomic E-state index is 0.508. The van der Waals surface area contributed by atoms with Gasteiger partial charge in [0.15, 0.2) is 9.84 Å². The maximum absolute atomic E-state index is 11.8. The molecule has 0 aromatic heterocycles. The van der Waals surface area contributed by atoms with E-state index in [4.69, 9.17) is 0 Å². The highest BCUT2D eigenvalue weighted by molar-refractivity contribution is 7.92. The molecule has 2 atom stereocenters. The van der Waals surface area contributed by atoms with Crippen molar-refractivity contribution in [2.45, 2.75) is 63.8 Å². The van der Waals surface area contributed by atoms with Crippen molar-refractivity contribution >= 4 is 9.84 Å². The predicted molar refractivity (Wildman–Crippen MR) is 81.3 cm³/mol. The Morgan fingerprint density at radius 3 is 2.37 bits per heavy atom. The first kappa shape index (κ1) is 16.9. The Morgan fingerprint density at radius 2 is 1.84 bits per heavy atom. The summed E-state index contributed by atoms with van der Waals surface area (Å²) in [6, 6.07) is 1.06. The lowest BCUT2D eigenvalue weighted by atomic mass is 10.0. The molecule has 0 aliphatic carbocycles. The Kier molecular flexibility index (Phi) is 5.83. The van der Waals surface area contributed by atoms with Crippen LogP contribution < -0.4 is 5.32 Å². The Morgan fingerprint density at radius 1 is 1.26 bits per heavy atom. The average Bonchev–Trinajstić information content (AvgIpc) is 2.26. The Bertz CT molecular complexity index is 379. The van der Waals surface area contributed by atoms with Crippen molar-refractivity contribution in [1.82, 2.24) is 10.2 Å². The van der Waals surface area contributed by atoms with Crippen LogP contribution >= 0.6 is 0 Å². The van der Waals surface area contributed by atoms with Gasteiger partial charge in [-0.05, 0) is 53.1 Å². The van der Waals surface area contributed by atoms with E-state index >= 15 is 0 Å². The van der Waals surface area contributed by atoms with Gasteiger partial charge >= 0.3 is 0 Å². The van der Waals surface area contributed by atoms with Crippen molar-refractivity contribution in [2.24, 2.45) is 0 Å². The largest absolute Gasteiger partial charge is 0.311 e. The van der Waals surface area contributed by atoms with Crippen molar-refractivity contribution < 1.29 is 8.42 Å². The van der Waals surface area contributed by atoms with Gasteiger partial charge in [-0.2, -0.15) is 0 Å². The third-order valence-electron chi connectivity index (χ3n) is 4.29. The number of nitrogens with one attached hydrogen (secondary N) is 1. The molecule has 1 rings (SSSR count). The third kappa shape index (κ3) is 5.04. The standard InChI is InChI=1S/C14H30N2O2S/c1-6-13-8-10-16(9-7-12(2)15-13)11-14(3,4)19(5,17)18/h12-13,15H,6-11H2,1-5H3. The first-order valence-corrected chi connectivity index (χ1v) is 9.23. The van der Waals surface area contributed by atoms with E-state index in [1.807, 2.05) is 13.8 Å². The summed E-state index contributed by atoms with van der Waals surface area (Å²) in [7, 11) is -3.01. The topological polar surface area (TPSA) is 49.4 Å². The number of nitrogens with zero attached hydrogens (tertiary/aromatic N) is 1. The van der Waals surface area contributed by atoms with Gasteiger partial charge in [0.25, 0.3) is 0 Å². The van der Waals surface area contributed by atoms with Gasteiger partial charge in [0.1, 0.15) is 0 Å². The zero-order valence-electron chi connectivity index (χ0n) is 13.1. The van der Waals surface area contributed by atoms with Gasteiger partial charge < -0.3 is 10.2 Å². The average molecular weight is 290 g/mol. The fraction of sp³-hybridized carbons (Fsp3) is 1.00. The molecule has 4 nitrogen and oxygen atoms in total. The molecular formula is C14H30N2O2S. The maximum Gasteiger partial charge on any atom is 0.153 e. The summed E-state index contributed by atoms with van der Waals surface area (Å²) in [5.41, 5.74) is 0. The molecule has 1 saturated heterocycles. The Balaban J connectivity index is 2.67. The lowest BCUT2D eigenvalue weighted by Crippen LogP contribution is -2.49. The van der Waals surface area contributed by atoms with Gasteiger partial charge in [0, 0.05) is 24.9 Å². The van der Waals surface area contributed by atoms with Crippen molar-refractivity contribution in [2.75, 3.05) is 25.9 Å². The molecule has 0 amide bonds. The van der Waals surface area contributed by atoms with E-state index in [-0.39, 0.29) is 0 Å². The molecule has 0 radical (unpaired) electrons. The summed E-state index contributed by atoms with van der Waals surface area (Å²) in [4.78, 5) is 2.32. The molecule has 0 aromatic carbocycles. The van der Waals surface area contributed by atoms with Gasteiger partial charge in [-0.15, -0.1) is 0 Å². The quantitative estimate of drug-likeness (QED) is 0.855. The Labute approximate surface area is 118 Å². The van der Waals surface area contributed by atoms with Crippen LogP contribution in [0.3, 0.4) is 0 Å². The monoisotopic (exact) mass is 290 g/mol. The lowest BCUT2D eigenvalue weighted by molar-refractivity contribution is 0.200. The van der Waals surface area contributed by atoms with Crippen LogP contribution in [0.25, 0.3) is 0 Å². The lowest BCUT2D eigenvalue weighted by Gasteiger charge is -2.36. The SMILES string of the molecule is CCC1CCN(CC(C)(C)S(C)(=O)=O)CCC(C)N1. The molecule has 19 heavy (non-hydrogen) atoms. The summed E-state index contributed by atoms with van der Waals surface area (Å²) in [5.74, 6) is 0. The molecule has 1 aliphatic rings. The second-order valence-electron chi connectivity index (χ2n) is 6.56. The van der Waals surface area contributed by atoms with E-state index in [0.717, 1.165) is 32.4 Å². The molecule has 2 unspecified atom stereocenters. The molecule has 5 heteroatoms. The van der Waals surface area contributed by atoms with Gasteiger partial charge in [0.05, 0.1) is 4.75 Å². The molecular weight excluding hydrogens is 260 g/mol. The third-order valence-corrected chi connectivity index (χ3v) is 6.43. The number of hydrogen-bond acceptors (Lipinski definition) is 4. The van der Waals surface area contributed by atoms with Crippen LogP contribution in [0.2, 0.25) is 0 Å². The fourth-order valence-corrected chi connectivity index (χ4v) is 2.95. The van der Waals surface area contributed by atoms with Crippen molar-refractivity contribution in [3.8, 4) is 0 Å². The zero-order chi connectivity index (χ0) is 14.7. The smallest absolute Gasteiger partial charge is 0.153 e. The summed E-state index contributed by atoms with van der Waals surface area (Å²) >= 11 is 0. The molecule has 0 aromatic rings. The minimum Gasteiger partial charge on any atom is -0.311 e. The Hall–Kier alpha value is -0.130. The maximum atomic E-state index is 11.8.